The first-order chi connectivity index (χ1) is 15.6. The number of ether oxygens (including phenoxy) is 1. The van der Waals surface area contributed by atoms with Crippen LogP contribution in [0.4, 0.5) is 0 Å². The summed E-state index contributed by atoms with van der Waals surface area (Å²) in [4.78, 5) is 20.8. The largest absolute Gasteiger partial charge is 0.493 e. The Morgan fingerprint density at radius 1 is 0.906 bits per heavy atom. The summed E-state index contributed by atoms with van der Waals surface area (Å²) in [5.41, 5.74) is 2.48. The Morgan fingerprint density at radius 2 is 1.56 bits per heavy atom. The maximum atomic E-state index is 11.8. The number of fused-ring (bicyclic) bond motifs is 7. The van der Waals surface area contributed by atoms with Gasteiger partial charge in [0.25, 0.3) is 5.78 Å². The molecule has 3 aromatic carbocycles. The fraction of sp³-hybridized carbons (Fsp3) is 0.0400. The third-order valence-electron chi connectivity index (χ3n) is 5.63. The lowest BCUT2D eigenvalue weighted by Crippen LogP contribution is -2.05. The zero-order valence-electron chi connectivity index (χ0n) is 17.0. The van der Waals surface area contributed by atoms with Crippen molar-refractivity contribution in [2.45, 2.75) is 0 Å². The van der Waals surface area contributed by atoms with Crippen LogP contribution >= 0.6 is 0 Å². The van der Waals surface area contributed by atoms with Gasteiger partial charge in [-0.15, -0.1) is 0 Å². The van der Waals surface area contributed by atoms with Gasteiger partial charge in [0.15, 0.2) is 5.76 Å². The predicted octanol–water partition coefficient (Wildman–Crippen LogP) is 4.34. The highest BCUT2D eigenvalue weighted by atomic mass is 16.5. The summed E-state index contributed by atoms with van der Waals surface area (Å²) >= 11 is 0. The van der Waals surface area contributed by atoms with Crippen LogP contribution in [0.15, 0.2) is 78.1 Å². The fourth-order valence-electron chi connectivity index (χ4n) is 4.15. The van der Waals surface area contributed by atoms with Crippen LogP contribution < -0.4 is 0 Å². The molecule has 0 bridgehead atoms. The maximum absolute atomic E-state index is 11.8. The van der Waals surface area contributed by atoms with Crippen molar-refractivity contribution in [3.8, 4) is 5.88 Å². The van der Waals surface area contributed by atoms with Gasteiger partial charge in [-0.25, -0.2) is 4.98 Å². The minimum absolute atomic E-state index is 0.195. The van der Waals surface area contributed by atoms with E-state index < -0.39 is 0 Å². The molecule has 0 atom stereocenters. The molecule has 154 valence electrons. The number of ketones is 1. The highest BCUT2D eigenvalue weighted by Gasteiger charge is 2.18. The van der Waals surface area contributed by atoms with Crippen LogP contribution in [-0.2, 0) is 9.53 Å². The Hall–Kier alpha value is -4.52. The van der Waals surface area contributed by atoms with Crippen LogP contribution in [0.5, 0.6) is 5.88 Å². The number of imidazole rings is 1. The van der Waals surface area contributed by atoms with Crippen molar-refractivity contribution in [2.75, 3.05) is 7.11 Å². The zero-order valence-corrected chi connectivity index (χ0v) is 17.0. The molecule has 1 aliphatic rings. The van der Waals surface area contributed by atoms with Gasteiger partial charge in [0.1, 0.15) is 16.7 Å². The topological polar surface area (TPSA) is 89.6 Å². The lowest BCUT2D eigenvalue weighted by molar-refractivity contribution is -0.114. The van der Waals surface area contributed by atoms with Crippen LogP contribution in [-0.4, -0.2) is 37.6 Å². The number of nitrogens with zero attached hydrogens (tertiary/aromatic N) is 4. The summed E-state index contributed by atoms with van der Waals surface area (Å²) in [6.07, 6.45) is 6.38. The standard InChI is InChI=1S/C25H16N4O3/c1-32-21-13-14(10-11-20(21)30)12-19-24(31)27-25-26-22-17-8-4-2-6-15(17)16-7-3-5-9-18(16)23(22)28-29(19)25/h2-13,31H,1H3/b14-12+. The molecule has 0 aliphatic heterocycles. The third-order valence-corrected chi connectivity index (χ3v) is 5.63. The number of methoxy groups -OCH3 is 1. The molecule has 0 fully saturated rings. The van der Waals surface area contributed by atoms with Gasteiger partial charge in [0.2, 0.25) is 11.7 Å². The van der Waals surface area contributed by atoms with Crippen molar-refractivity contribution in [3.63, 3.8) is 0 Å². The lowest BCUT2D eigenvalue weighted by Gasteiger charge is -2.09. The van der Waals surface area contributed by atoms with Crippen molar-refractivity contribution in [1.29, 1.82) is 0 Å². The van der Waals surface area contributed by atoms with Gasteiger partial charge in [-0.3, -0.25) is 4.79 Å². The number of hydrogen-bond donors (Lipinski definition) is 1. The van der Waals surface area contributed by atoms with Gasteiger partial charge in [0, 0.05) is 10.8 Å². The monoisotopic (exact) mass is 420 g/mol. The first-order valence-corrected chi connectivity index (χ1v) is 10.0. The van der Waals surface area contributed by atoms with Gasteiger partial charge in [0.05, 0.1) is 7.11 Å². The molecule has 0 amide bonds. The molecule has 7 nitrogen and oxygen atoms in total. The quantitative estimate of drug-likeness (QED) is 0.427. The number of aromatic nitrogens is 4. The molecule has 2 aromatic heterocycles. The number of carbonyl (C=O) groups is 1. The van der Waals surface area contributed by atoms with Crippen molar-refractivity contribution in [2.24, 2.45) is 0 Å². The first-order valence-electron chi connectivity index (χ1n) is 10.0. The Kier molecular flexibility index (Phi) is 3.85. The zero-order chi connectivity index (χ0) is 21.8. The van der Waals surface area contributed by atoms with Gasteiger partial charge in [-0.1, -0.05) is 54.6 Å². The Balaban J connectivity index is 1.68. The maximum Gasteiger partial charge on any atom is 0.255 e. The Bertz CT molecular complexity index is 1690. The van der Waals surface area contributed by atoms with E-state index in [-0.39, 0.29) is 23.2 Å². The smallest absolute Gasteiger partial charge is 0.255 e. The summed E-state index contributed by atoms with van der Waals surface area (Å²) in [7, 11) is 1.44. The van der Waals surface area contributed by atoms with Gasteiger partial charge < -0.3 is 9.84 Å². The fourth-order valence-corrected chi connectivity index (χ4v) is 4.15. The van der Waals surface area contributed by atoms with Gasteiger partial charge in [-0.05, 0) is 34.6 Å². The van der Waals surface area contributed by atoms with E-state index in [2.05, 4.69) is 17.1 Å². The molecule has 0 saturated carbocycles. The number of aromatic hydroxyl groups is 1. The summed E-state index contributed by atoms with van der Waals surface area (Å²) in [5.74, 6) is 0.102. The molecule has 1 aliphatic carbocycles. The van der Waals surface area contributed by atoms with Gasteiger partial charge >= 0.3 is 0 Å². The van der Waals surface area contributed by atoms with E-state index in [4.69, 9.17) is 14.8 Å². The minimum atomic E-state index is -0.212. The minimum Gasteiger partial charge on any atom is -0.493 e. The number of rotatable bonds is 2. The van der Waals surface area contributed by atoms with Crippen LogP contribution in [0.2, 0.25) is 0 Å². The molecule has 0 saturated heterocycles. The van der Waals surface area contributed by atoms with Crippen LogP contribution in [0.1, 0.15) is 5.69 Å². The summed E-state index contributed by atoms with van der Waals surface area (Å²) in [6, 6.07) is 16.1. The van der Waals surface area contributed by atoms with E-state index in [1.807, 2.05) is 36.4 Å². The van der Waals surface area contributed by atoms with E-state index in [1.54, 1.807) is 18.2 Å². The van der Waals surface area contributed by atoms with E-state index >= 15 is 0 Å². The molecular formula is C25H16N4O3. The van der Waals surface area contributed by atoms with Crippen LogP contribution in [0.3, 0.4) is 0 Å². The first kappa shape index (κ1) is 18.3. The normalized spacial score (nSPS) is 15.3. The van der Waals surface area contributed by atoms with E-state index in [9.17, 15) is 9.90 Å². The van der Waals surface area contributed by atoms with E-state index in [1.165, 1.54) is 17.7 Å². The molecule has 5 aromatic rings. The molecular weight excluding hydrogens is 404 g/mol. The second-order valence-corrected chi connectivity index (χ2v) is 7.49. The molecule has 0 spiro atoms. The second-order valence-electron chi connectivity index (χ2n) is 7.49. The molecule has 32 heavy (non-hydrogen) atoms. The lowest BCUT2D eigenvalue weighted by atomic mass is 10.00. The molecule has 7 heteroatoms. The molecule has 2 heterocycles. The summed E-state index contributed by atoms with van der Waals surface area (Å²) < 4.78 is 6.65. The van der Waals surface area contributed by atoms with Crippen LogP contribution in [0.25, 0.3) is 44.4 Å². The third kappa shape index (κ3) is 2.61. The highest BCUT2D eigenvalue weighted by Crippen LogP contribution is 2.33. The average Bonchev–Trinajstić information content (AvgIpc) is 3.13. The molecule has 6 rings (SSSR count). The average molecular weight is 420 g/mol. The number of hydrogen-bond acceptors (Lipinski definition) is 6. The second kappa shape index (κ2) is 6.75. The number of carbonyl (C=O) groups excluding carboxylic acids is 1. The number of allylic oxidation sites excluding steroid dienone is 4. The molecule has 0 radical (unpaired) electrons. The van der Waals surface area contributed by atoms with Gasteiger partial charge in [-0.2, -0.15) is 14.6 Å². The molecule has 0 unspecified atom stereocenters. The summed E-state index contributed by atoms with van der Waals surface area (Å²) in [5, 5.41) is 19.5. The highest BCUT2D eigenvalue weighted by molar-refractivity contribution is 6.23. The van der Waals surface area contributed by atoms with Crippen molar-refractivity contribution < 1.29 is 14.6 Å². The van der Waals surface area contributed by atoms with Crippen LogP contribution in [0, 0.1) is 0 Å². The van der Waals surface area contributed by atoms with E-state index in [0.717, 1.165) is 27.1 Å². The predicted molar refractivity (Wildman–Crippen MR) is 122 cm³/mol. The molecule has 1 N–H and O–H groups in total. The summed E-state index contributed by atoms with van der Waals surface area (Å²) in [6.45, 7) is 0. The Morgan fingerprint density at radius 3 is 2.25 bits per heavy atom. The van der Waals surface area contributed by atoms with E-state index in [0.29, 0.717) is 16.8 Å². The van der Waals surface area contributed by atoms with Crippen molar-refractivity contribution in [3.05, 3.63) is 83.8 Å². The SMILES string of the molecule is COC1=C/C(=C/c2c(O)nc3nc4c5ccccc5c5ccccc5c4nn23)C=CC1=O. The van der Waals surface area contributed by atoms with Crippen molar-refractivity contribution in [1.82, 2.24) is 19.6 Å². The Labute approximate surface area is 181 Å². The van der Waals surface area contributed by atoms with Crippen molar-refractivity contribution >= 4 is 50.2 Å². The number of benzene rings is 3.